The van der Waals surface area contributed by atoms with Crippen LogP contribution < -0.4 is 0 Å². The summed E-state index contributed by atoms with van der Waals surface area (Å²) in [4.78, 5) is 0. The van der Waals surface area contributed by atoms with Crippen LogP contribution in [0.1, 0.15) is 0 Å². The zero-order valence-corrected chi connectivity index (χ0v) is 10.6. The van der Waals surface area contributed by atoms with Gasteiger partial charge in [0.2, 0.25) is 11.6 Å². The molecule has 0 aromatic carbocycles. The van der Waals surface area contributed by atoms with Crippen LogP contribution in [-0.2, 0) is 18.9 Å². The normalized spacial score (nSPS) is 37.9. The lowest BCUT2D eigenvalue weighted by atomic mass is 10.0. The molecule has 1 N–H and O–H groups in total. The number of aliphatic hydroxyl groups is 1. The molecule has 1 aliphatic carbocycles. The van der Waals surface area contributed by atoms with Gasteiger partial charge >= 0.3 is 0 Å². The van der Waals surface area contributed by atoms with Crippen LogP contribution in [0.25, 0.3) is 0 Å². The van der Waals surface area contributed by atoms with Crippen molar-refractivity contribution in [1.82, 2.24) is 0 Å². The number of hydrogen-bond donors (Lipinski definition) is 1. The van der Waals surface area contributed by atoms with Crippen molar-refractivity contribution in [2.24, 2.45) is 0 Å². The molecule has 5 nitrogen and oxygen atoms in total. The summed E-state index contributed by atoms with van der Waals surface area (Å²) in [7, 11) is 3.00. The summed E-state index contributed by atoms with van der Waals surface area (Å²) in [5, 5.41) is 10.2. The first-order valence-electron chi connectivity index (χ1n) is 5.70. The first-order chi connectivity index (χ1) is 8.55. The minimum absolute atomic E-state index is 0.379. The minimum atomic E-state index is -1.28. The van der Waals surface area contributed by atoms with Gasteiger partial charge in [0.05, 0.1) is 13.2 Å². The van der Waals surface area contributed by atoms with Gasteiger partial charge in [-0.25, -0.2) is 0 Å². The Morgan fingerprint density at radius 1 is 1.06 bits per heavy atom. The van der Waals surface area contributed by atoms with Crippen molar-refractivity contribution in [3.8, 4) is 0 Å². The number of hydrogen-bond acceptors (Lipinski definition) is 5. The lowest BCUT2D eigenvalue weighted by molar-refractivity contribution is -0.389. The van der Waals surface area contributed by atoms with Crippen molar-refractivity contribution >= 4 is 0 Å². The highest BCUT2D eigenvalue weighted by Gasteiger charge is 2.56. The third-order valence-electron chi connectivity index (χ3n) is 3.27. The van der Waals surface area contributed by atoms with Gasteiger partial charge in [0, 0.05) is 14.2 Å². The van der Waals surface area contributed by atoms with Gasteiger partial charge in [-0.1, -0.05) is 12.7 Å². The SMILES string of the molecule is C=CC1(O)C=C[C@]2(OC)OCCO[C@@]2(OC)C=C1. The van der Waals surface area contributed by atoms with Gasteiger partial charge < -0.3 is 24.1 Å². The molecule has 0 aromatic rings. The minimum Gasteiger partial charge on any atom is -0.378 e. The number of fused-ring (bicyclic) bond motifs is 1. The second kappa shape index (κ2) is 4.60. The molecule has 0 unspecified atom stereocenters. The van der Waals surface area contributed by atoms with E-state index in [1.165, 1.54) is 32.4 Å². The Balaban J connectivity index is 2.53. The maximum atomic E-state index is 10.2. The highest BCUT2D eigenvalue weighted by Crippen LogP contribution is 2.40. The van der Waals surface area contributed by atoms with Crippen LogP contribution in [0.3, 0.4) is 0 Å². The van der Waals surface area contributed by atoms with Gasteiger partial charge in [-0.15, -0.1) is 0 Å². The van der Waals surface area contributed by atoms with E-state index in [2.05, 4.69) is 6.58 Å². The van der Waals surface area contributed by atoms with Crippen LogP contribution in [-0.4, -0.2) is 49.7 Å². The van der Waals surface area contributed by atoms with Crippen LogP contribution in [0.5, 0.6) is 0 Å². The molecule has 1 saturated heterocycles. The molecular weight excluding hydrogens is 236 g/mol. The van der Waals surface area contributed by atoms with E-state index < -0.39 is 17.2 Å². The van der Waals surface area contributed by atoms with Crippen LogP contribution in [0.2, 0.25) is 0 Å². The first-order valence-corrected chi connectivity index (χ1v) is 5.70. The predicted molar refractivity (Wildman–Crippen MR) is 64.8 cm³/mol. The molecule has 0 aromatic heterocycles. The van der Waals surface area contributed by atoms with Crippen molar-refractivity contribution in [2.45, 2.75) is 17.2 Å². The molecule has 0 radical (unpaired) electrons. The first kappa shape index (κ1) is 13.5. The average molecular weight is 254 g/mol. The molecule has 18 heavy (non-hydrogen) atoms. The second-order valence-corrected chi connectivity index (χ2v) is 4.20. The van der Waals surface area contributed by atoms with Crippen LogP contribution in [0.15, 0.2) is 37.0 Å². The molecule has 2 atom stereocenters. The summed E-state index contributed by atoms with van der Waals surface area (Å²) in [6.45, 7) is 4.35. The fraction of sp³-hybridized carbons (Fsp3) is 0.538. The summed E-state index contributed by atoms with van der Waals surface area (Å²) in [6.07, 6.45) is 7.67. The van der Waals surface area contributed by atoms with Crippen LogP contribution >= 0.6 is 0 Å². The highest BCUT2D eigenvalue weighted by molar-refractivity contribution is 5.31. The van der Waals surface area contributed by atoms with E-state index in [0.29, 0.717) is 13.2 Å². The second-order valence-electron chi connectivity index (χ2n) is 4.20. The van der Waals surface area contributed by atoms with Gasteiger partial charge in [-0.3, -0.25) is 0 Å². The Labute approximate surface area is 106 Å². The standard InChI is InChI=1S/C13H18O5/c1-4-11(14)5-7-12(15-2)13(16-3,8-6-11)18-10-9-17-12/h4-8,14H,1,9-10H2,2-3H3/t12-,13-/m0/s1. The van der Waals surface area contributed by atoms with Gasteiger partial charge in [-0.05, 0) is 24.3 Å². The van der Waals surface area contributed by atoms with E-state index in [0.717, 1.165) is 0 Å². The fourth-order valence-electron chi connectivity index (χ4n) is 2.13. The quantitative estimate of drug-likeness (QED) is 0.754. The van der Waals surface area contributed by atoms with E-state index in [1.807, 2.05) is 0 Å². The molecule has 1 aliphatic heterocycles. The Kier molecular flexibility index (Phi) is 3.44. The Hall–Kier alpha value is -0.980. The van der Waals surface area contributed by atoms with Crippen molar-refractivity contribution in [1.29, 1.82) is 0 Å². The van der Waals surface area contributed by atoms with E-state index in [-0.39, 0.29) is 0 Å². The van der Waals surface area contributed by atoms with Crippen molar-refractivity contribution in [3.05, 3.63) is 37.0 Å². The summed E-state index contributed by atoms with van der Waals surface area (Å²) >= 11 is 0. The predicted octanol–water partition coefficient (Wildman–Crippen LogP) is 0.762. The van der Waals surface area contributed by atoms with Gasteiger partial charge in [0.25, 0.3) is 0 Å². The topological polar surface area (TPSA) is 57.2 Å². The van der Waals surface area contributed by atoms with E-state index >= 15 is 0 Å². The van der Waals surface area contributed by atoms with Gasteiger partial charge in [-0.2, -0.15) is 0 Å². The highest BCUT2D eigenvalue weighted by atomic mass is 16.8. The molecule has 100 valence electrons. The Morgan fingerprint density at radius 3 is 1.83 bits per heavy atom. The summed E-state index contributed by atoms with van der Waals surface area (Å²) in [6, 6.07) is 0. The molecule has 1 heterocycles. The smallest absolute Gasteiger partial charge is 0.248 e. The molecular formula is C13H18O5. The molecule has 2 rings (SSSR count). The van der Waals surface area contributed by atoms with Crippen molar-refractivity contribution in [2.75, 3.05) is 27.4 Å². The van der Waals surface area contributed by atoms with Crippen LogP contribution in [0, 0.1) is 0 Å². The molecule has 0 saturated carbocycles. The van der Waals surface area contributed by atoms with E-state index in [4.69, 9.17) is 18.9 Å². The maximum absolute atomic E-state index is 10.2. The number of methoxy groups -OCH3 is 2. The molecule has 5 heteroatoms. The third kappa shape index (κ3) is 1.84. The largest absolute Gasteiger partial charge is 0.378 e. The lowest BCUT2D eigenvalue weighted by Gasteiger charge is -2.46. The lowest BCUT2D eigenvalue weighted by Crippen LogP contribution is -2.61. The summed E-state index contributed by atoms with van der Waals surface area (Å²) < 4.78 is 22.2. The number of ether oxygens (including phenoxy) is 4. The van der Waals surface area contributed by atoms with Gasteiger partial charge in [0.1, 0.15) is 5.60 Å². The van der Waals surface area contributed by atoms with Gasteiger partial charge in [0.15, 0.2) is 0 Å². The zero-order chi connectivity index (χ0) is 13.3. The monoisotopic (exact) mass is 254 g/mol. The third-order valence-corrected chi connectivity index (χ3v) is 3.27. The Bertz CT molecular complexity index is 359. The molecule has 0 amide bonds. The van der Waals surface area contributed by atoms with Crippen LogP contribution in [0.4, 0.5) is 0 Å². The summed E-state index contributed by atoms with van der Waals surface area (Å²) in [5.74, 6) is -2.44. The summed E-state index contributed by atoms with van der Waals surface area (Å²) in [5.41, 5.74) is -1.28. The fourth-order valence-corrected chi connectivity index (χ4v) is 2.13. The molecule has 0 spiro atoms. The molecule has 2 aliphatic rings. The molecule has 0 bridgehead atoms. The number of rotatable bonds is 3. The van der Waals surface area contributed by atoms with Crippen molar-refractivity contribution in [3.63, 3.8) is 0 Å². The maximum Gasteiger partial charge on any atom is 0.248 e. The zero-order valence-electron chi connectivity index (χ0n) is 10.6. The molecule has 1 fully saturated rings. The average Bonchev–Trinajstić information content (AvgIpc) is 2.56. The van der Waals surface area contributed by atoms with E-state index in [1.54, 1.807) is 12.2 Å². The van der Waals surface area contributed by atoms with Crippen molar-refractivity contribution < 1.29 is 24.1 Å². The Morgan fingerprint density at radius 2 is 1.50 bits per heavy atom. The van der Waals surface area contributed by atoms with E-state index in [9.17, 15) is 5.11 Å².